The molecular weight excluding hydrogens is 319 g/mol. The number of halogens is 1. The number of hydrogen-bond donors (Lipinski definition) is 1. The van der Waals surface area contributed by atoms with Crippen LogP contribution in [0.4, 0.5) is 4.39 Å². The molecule has 25 heavy (non-hydrogen) atoms. The number of ether oxygens (including phenoxy) is 1. The highest BCUT2D eigenvalue weighted by Gasteiger charge is 2.26. The normalized spacial score (nSPS) is 16.9. The number of likely N-dealkylation sites (tertiary alicyclic amines) is 1. The summed E-state index contributed by atoms with van der Waals surface area (Å²) in [6.07, 6.45) is 1.04. The number of rotatable bonds is 6. The van der Waals surface area contributed by atoms with Gasteiger partial charge in [-0.3, -0.25) is 4.79 Å². The molecular formula is C20H23FN2O2. The monoisotopic (exact) mass is 342 g/mol. The molecule has 0 saturated carbocycles. The molecule has 0 aromatic heterocycles. The summed E-state index contributed by atoms with van der Waals surface area (Å²) < 4.78 is 18.8. The second kappa shape index (κ2) is 8.12. The number of benzene rings is 2. The van der Waals surface area contributed by atoms with Crippen LogP contribution in [0.2, 0.25) is 0 Å². The van der Waals surface area contributed by atoms with E-state index >= 15 is 0 Å². The second-order valence-corrected chi connectivity index (χ2v) is 6.41. The molecule has 1 unspecified atom stereocenters. The highest BCUT2D eigenvalue weighted by molar-refractivity contribution is 5.94. The van der Waals surface area contributed by atoms with Crippen LogP contribution < -0.4 is 10.1 Å². The third-order valence-electron chi connectivity index (χ3n) is 4.44. The summed E-state index contributed by atoms with van der Waals surface area (Å²) >= 11 is 0. The first-order valence-corrected chi connectivity index (χ1v) is 8.57. The molecule has 2 aromatic carbocycles. The maximum atomic E-state index is 13.2. The molecule has 1 fully saturated rings. The van der Waals surface area contributed by atoms with Crippen LogP contribution in [0.25, 0.3) is 0 Å². The molecule has 1 heterocycles. The molecule has 5 heteroatoms. The summed E-state index contributed by atoms with van der Waals surface area (Å²) in [5, 5.41) is 3.17. The molecule has 1 aliphatic rings. The predicted octanol–water partition coefficient (Wildman–Crippen LogP) is 3.09. The van der Waals surface area contributed by atoms with Crippen molar-refractivity contribution in [3.05, 3.63) is 65.5 Å². The van der Waals surface area contributed by atoms with Gasteiger partial charge in [0.15, 0.2) is 0 Å². The van der Waals surface area contributed by atoms with Gasteiger partial charge in [0, 0.05) is 24.7 Å². The lowest BCUT2D eigenvalue weighted by atomic mass is 10.1. The average molecular weight is 342 g/mol. The van der Waals surface area contributed by atoms with Crippen LogP contribution in [0.1, 0.15) is 22.3 Å². The first-order valence-electron chi connectivity index (χ1n) is 8.57. The first-order chi connectivity index (χ1) is 12.2. The van der Waals surface area contributed by atoms with Crippen LogP contribution in [0.15, 0.2) is 48.5 Å². The van der Waals surface area contributed by atoms with Gasteiger partial charge in [-0.15, -0.1) is 0 Å². The van der Waals surface area contributed by atoms with Crippen molar-refractivity contribution in [2.24, 2.45) is 5.92 Å². The van der Waals surface area contributed by atoms with Crippen molar-refractivity contribution in [3.8, 4) is 5.75 Å². The summed E-state index contributed by atoms with van der Waals surface area (Å²) in [7, 11) is 1.94. The molecule has 0 radical (unpaired) electrons. The van der Waals surface area contributed by atoms with Crippen LogP contribution in [0.5, 0.6) is 5.75 Å². The quantitative estimate of drug-likeness (QED) is 0.877. The Hall–Kier alpha value is -2.40. The third kappa shape index (κ3) is 4.57. The van der Waals surface area contributed by atoms with Crippen LogP contribution in [-0.2, 0) is 6.61 Å². The van der Waals surface area contributed by atoms with Gasteiger partial charge in [-0.25, -0.2) is 4.39 Å². The van der Waals surface area contributed by atoms with Gasteiger partial charge in [-0.2, -0.15) is 0 Å². The minimum atomic E-state index is -0.327. The predicted molar refractivity (Wildman–Crippen MR) is 95.1 cm³/mol. The Labute approximate surface area is 147 Å². The summed E-state index contributed by atoms with van der Waals surface area (Å²) in [6.45, 7) is 2.83. The number of carbonyl (C=O) groups excluding carboxylic acids is 1. The van der Waals surface area contributed by atoms with Gasteiger partial charge in [-0.1, -0.05) is 18.2 Å². The Morgan fingerprint density at radius 3 is 2.92 bits per heavy atom. The topological polar surface area (TPSA) is 41.6 Å². The van der Waals surface area contributed by atoms with Gasteiger partial charge < -0.3 is 15.0 Å². The van der Waals surface area contributed by atoms with E-state index in [2.05, 4.69) is 5.32 Å². The summed E-state index contributed by atoms with van der Waals surface area (Å²) in [5.41, 5.74) is 1.56. The molecule has 0 aliphatic carbocycles. The zero-order chi connectivity index (χ0) is 17.6. The molecule has 1 aliphatic heterocycles. The summed E-state index contributed by atoms with van der Waals surface area (Å²) in [6, 6.07) is 13.5. The number of hydrogen-bond acceptors (Lipinski definition) is 3. The summed E-state index contributed by atoms with van der Waals surface area (Å²) in [4.78, 5) is 14.6. The Balaban J connectivity index is 1.62. The molecule has 0 bridgehead atoms. The van der Waals surface area contributed by atoms with E-state index in [0.717, 1.165) is 31.6 Å². The van der Waals surface area contributed by atoms with Crippen LogP contribution >= 0.6 is 0 Å². The molecule has 2 aromatic rings. The minimum Gasteiger partial charge on any atom is -0.489 e. The Morgan fingerprint density at radius 1 is 1.28 bits per heavy atom. The maximum Gasteiger partial charge on any atom is 0.253 e. The number of nitrogens with one attached hydrogen (secondary N) is 1. The average Bonchev–Trinajstić information content (AvgIpc) is 3.09. The largest absolute Gasteiger partial charge is 0.489 e. The SMILES string of the molecule is CNCC1CCN(C(=O)c2cccc(COc3cccc(F)c3)c2)C1. The zero-order valence-electron chi connectivity index (χ0n) is 14.4. The van der Waals surface area contributed by atoms with Crippen molar-refractivity contribution in [1.82, 2.24) is 10.2 Å². The van der Waals surface area contributed by atoms with Crippen molar-refractivity contribution in [3.63, 3.8) is 0 Å². The van der Waals surface area contributed by atoms with Crippen molar-refractivity contribution < 1.29 is 13.9 Å². The number of carbonyl (C=O) groups is 1. The fourth-order valence-electron chi connectivity index (χ4n) is 3.17. The molecule has 1 saturated heterocycles. The Bertz CT molecular complexity index is 735. The molecule has 0 spiro atoms. The van der Waals surface area contributed by atoms with E-state index in [1.165, 1.54) is 12.1 Å². The number of amides is 1. The molecule has 1 amide bonds. The minimum absolute atomic E-state index is 0.0613. The van der Waals surface area contributed by atoms with Crippen LogP contribution in [-0.4, -0.2) is 37.5 Å². The lowest BCUT2D eigenvalue weighted by Gasteiger charge is -2.17. The van der Waals surface area contributed by atoms with Gasteiger partial charge in [0.1, 0.15) is 18.2 Å². The highest BCUT2D eigenvalue weighted by Crippen LogP contribution is 2.19. The Kier molecular flexibility index (Phi) is 5.66. The van der Waals surface area contributed by atoms with Gasteiger partial charge >= 0.3 is 0 Å². The molecule has 1 N–H and O–H groups in total. The van der Waals surface area contributed by atoms with E-state index in [9.17, 15) is 9.18 Å². The van der Waals surface area contributed by atoms with Crippen LogP contribution in [0, 0.1) is 11.7 Å². The van der Waals surface area contributed by atoms with E-state index in [4.69, 9.17) is 4.74 Å². The first kappa shape index (κ1) is 17.4. The molecule has 3 rings (SSSR count). The van der Waals surface area contributed by atoms with E-state index in [1.807, 2.05) is 36.2 Å². The van der Waals surface area contributed by atoms with E-state index < -0.39 is 0 Å². The fourth-order valence-corrected chi connectivity index (χ4v) is 3.17. The van der Waals surface area contributed by atoms with Crippen molar-refractivity contribution in [2.45, 2.75) is 13.0 Å². The standard InChI is InChI=1S/C20H23FN2O2/c1-22-12-16-8-9-23(13-16)20(24)17-5-2-4-15(10-17)14-25-19-7-3-6-18(21)11-19/h2-7,10-11,16,22H,8-9,12-14H2,1H3. The third-order valence-corrected chi connectivity index (χ3v) is 4.44. The molecule has 1 atom stereocenters. The summed E-state index contributed by atoms with van der Waals surface area (Å²) in [5.74, 6) is 0.734. The lowest BCUT2D eigenvalue weighted by Crippen LogP contribution is -2.30. The van der Waals surface area contributed by atoms with Crippen molar-refractivity contribution in [1.29, 1.82) is 0 Å². The molecule has 4 nitrogen and oxygen atoms in total. The van der Waals surface area contributed by atoms with E-state index in [1.54, 1.807) is 12.1 Å². The Morgan fingerprint density at radius 2 is 2.12 bits per heavy atom. The van der Waals surface area contributed by atoms with Crippen molar-refractivity contribution in [2.75, 3.05) is 26.7 Å². The maximum absolute atomic E-state index is 13.2. The van der Waals surface area contributed by atoms with E-state index in [0.29, 0.717) is 23.8 Å². The van der Waals surface area contributed by atoms with Gasteiger partial charge in [-0.05, 0) is 55.8 Å². The smallest absolute Gasteiger partial charge is 0.253 e. The van der Waals surface area contributed by atoms with Gasteiger partial charge in [0.2, 0.25) is 0 Å². The van der Waals surface area contributed by atoms with E-state index in [-0.39, 0.29) is 11.7 Å². The zero-order valence-corrected chi connectivity index (χ0v) is 14.4. The molecule has 132 valence electrons. The fraction of sp³-hybridized carbons (Fsp3) is 0.350. The van der Waals surface area contributed by atoms with Crippen molar-refractivity contribution >= 4 is 5.91 Å². The van der Waals surface area contributed by atoms with Gasteiger partial charge in [0.25, 0.3) is 5.91 Å². The van der Waals surface area contributed by atoms with Crippen LogP contribution in [0.3, 0.4) is 0 Å². The number of nitrogens with zero attached hydrogens (tertiary/aromatic N) is 1. The van der Waals surface area contributed by atoms with Gasteiger partial charge in [0.05, 0.1) is 0 Å². The lowest BCUT2D eigenvalue weighted by molar-refractivity contribution is 0.0787. The second-order valence-electron chi connectivity index (χ2n) is 6.41. The highest BCUT2D eigenvalue weighted by atomic mass is 19.1.